The van der Waals surface area contributed by atoms with Gasteiger partial charge in [0.2, 0.25) is 5.91 Å². The van der Waals surface area contributed by atoms with E-state index in [1.165, 1.54) is 19.3 Å². The predicted octanol–water partition coefficient (Wildman–Crippen LogP) is 1.57. The van der Waals surface area contributed by atoms with Crippen LogP contribution < -0.4 is 10.1 Å². The Morgan fingerprint density at radius 2 is 2.14 bits per heavy atom. The zero-order valence-electron chi connectivity index (χ0n) is 15.8. The van der Waals surface area contributed by atoms with Gasteiger partial charge < -0.3 is 19.9 Å². The van der Waals surface area contributed by atoms with E-state index in [9.17, 15) is 9.59 Å². The summed E-state index contributed by atoms with van der Waals surface area (Å²) in [4.78, 5) is 23.4. The number of benzene rings is 1. The van der Waals surface area contributed by atoms with Gasteiger partial charge in [-0.3, -0.25) is 4.79 Å². The quantitative estimate of drug-likeness (QED) is 0.508. The molecule has 2 aromatic rings. The van der Waals surface area contributed by atoms with E-state index in [1.807, 2.05) is 24.3 Å². The molecule has 1 atom stereocenters. The second-order valence-corrected chi connectivity index (χ2v) is 6.26. The number of carbonyl (C=O) groups excluding carboxylic acids is 2. The Morgan fingerprint density at radius 1 is 1.39 bits per heavy atom. The Hall–Kier alpha value is -2.84. The van der Waals surface area contributed by atoms with E-state index in [-0.39, 0.29) is 0 Å². The molecule has 2 N–H and O–H groups in total. The van der Waals surface area contributed by atoms with Crippen molar-refractivity contribution in [2.24, 2.45) is 0 Å². The molecule has 0 aliphatic carbocycles. The molecule has 1 amide bonds. The van der Waals surface area contributed by atoms with E-state index in [1.54, 1.807) is 18.7 Å². The molecule has 28 heavy (non-hydrogen) atoms. The molecular formula is C19H22ClN3O5. The molecule has 150 valence electrons. The van der Waals surface area contributed by atoms with Crippen LogP contribution >= 0.6 is 11.6 Å². The smallest absolute Gasteiger partial charge is 0.330 e. The summed E-state index contributed by atoms with van der Waals surface area (Å²) in [6.07, 6.45) is 2.73. The molecule has 0 unspecified atom stereocenters. The first-order valence-corrected chi connectivity index (χ1v) is 8.80. The van der Waals surface area contributed by atoms with Gasteiger partial charge in [-0.1, -0.05) is 23.7 Å². The van der Waals surface area contributed by atoms with Crippen LogP contribution in [0.4, 0.5) is 0 Å². The van der Waals surface area contributed by atoms with Gasteiger partial charge in [-0.05, 0) is 30.7 Å². The Kier molecular flexibility index (Phi) is 7.60. The molecule has 8 nitrogen and oxygen atoms in total. The molecule has 0 radical (unpaired) electrons. The number of methoxy groups -OCH3 is 2. The molecule has 0 saturated heterocycles. The van der Waals surface area contributed by atoms with Crippen molar-refractivity contribution in [1.82, 2.24) is 15.1 Å². The maximum absolute atomic E-state index is 12.0. The molecular weight excluding hydrogens is 386 g/mol. The lowest BCUT2D eigenvalue weighted by Crippen LogP contribution is -2.43. The molecule has 9 heteroatoms. The average Bonchev–Trinajstić information content (AvgIpc) is 2.96. The number of ether oxygens (including phenoxy) is 2. The predicted molar refractivity (Wildman–Crippen MR) is 104 cm³/mol. The van der Waals surface area contributed by atoms with Gasteiger partial charge in [-0.15, -0.1) is 0 Å². The highest BCUT2D eigenvalue weighted by atomic mass is 35.5. The van der Waals surface area contributed by atoms with E-state index in [0.717, 1.165) is 11.3 Å². The topological polar surface area (TPSA) is 103 Å². The van der Waals surface area contributed by atoms with E-state index in [4.69, 9.17) is 21.4 Å². The average molecular weight is 408 g/mol. The lowest BCUT2D eigenvalue weighted by molar-refractivity contribution is -0.145. The van der Waals surface area contributed by atoms with Gasteiger partial charge in [-0.25, -0.2) is 9.48 Å². The summed E-state index contributed by atoms with van der Waals surface area (Å²) in [5.41, 5.74) is 2.18. The first kappa shape index (κ1) is 21.5. The van der Waals surface area contributed by atoms with Crippen LogP contribution in [0.5, 0.6) is 5.75 Å². The number of rotatable bonds is 8. The van der Waals surface area contributed by atoms with Crippen molar-refractivity contribution in [3.05, 3.63) is 52.3 Å². The molecule has 0 aliphatic rings. The lowest BCUT2D eigenvalue weighted by Gasteiger charge is -2.11. The second kappa shape index (κ2) is 9.91. The van der Waals surface area contributed by atoms with Gasteiger partial charge in [0.15, 0.2) is 6.04 Å². The highest BCUT2D eigenvalue weighted by molar-refractivity contribution is 6.31. The summed E-state index contributed by atoms with van der Waals surface area (Å²) in [5, 5.41) is 16.3. The van der Waals surface area contributed by atoms with Crippen molar-refractivity contribution < 1.29 is 24.2 Å². The largest absolute Gasteiger partial charge is 0.497 e. The van der Waals surface area contributed by atoms with Gasteiger partial charge >= 0.3 is 5.97 Å². The Morgan fingerprint density at radius 3 is 2.79 bits per heavy atom. The van der Waals surface area contributed by atoms with Crippen molar-refractivity contribution in [3.63, 3.8) is 0 Å². The molecule has 0 aliphatic heterocycles. The minimum atomic E-state index is -1.13. The van der Waals surface area contributed by atoms with Crippen LogP contribution in [0.3, 0.4) is 0 Å². The lowest BCUT2D eigenvalue weighted by atomic mass is 10.2. The number of halogens is 1. The maximum Gasteiger partial charge on any atom is 0.330 e. The number of nitrogens with one attached hydrogen (secondary N) is 1. The molecule has 1 aromatic heterocycles. The van der Waals surface area contributed by atoms with Gasteiger partial charge in [0.1, 0.15) is 10.9 Å². The van der Waals surface area contributed by atoms with E-state index in [0.29, 0.717) is 23.0 Å². The number of carbonyl (C=O) groups is 2. The Labute approximate surface area is 167 Å². The van der Waals surface area contributed by atoms with Gasteiger partial charge in [0, 0.05) is 11.6 Å². The van der Waals surface area contributed by atoms with Crippen LogP contribution in [0.25, 0.3) is 6.08 Å². The van der Waals surface area contributed by atoms with Crippen LogP contribution in [-0.2, 0) is 20.9 Å². The van der Waals surface area contributed by atoms with Crippen LogP contribution in [0.2, 0.25) is 5.15 Å². The second-order valence-electron chi connectivity index (χ2n) is 5.90. The van der Waals surface area contributed by atoms with Crippen molar-refractivity contribution in [2.75, 3.05) is 20.8 Å². The fraction of sp³-hybridized carbons (Fsp3) is 0.316. The van der Waals surface area contributed by atoms with Crippen molar-refractivity contribution in [1.29, 1.82) is 0 Å². The van der Waals surface area contributed by atoms with E-state index < -0.39 is 24.5 Å². The minimum absolute atomic E-state index is 0.371. The summed E-state index contributed by atoms with van der Waals surface area (Å²) >= 11 is 6.41. The first-order valence-electron chi connectivity index (χ1n) is 8.42. The third-order valence-electron chi connectivity index (χ3n) is 3.96. The van der Waals surface area contributed by atoms with Crippen molar-refractivity contribution >= 4 is 29.6 Å². The highest BCUT2D eigenvalue weighted by Gasteiger charge is 2.19. The standard InChI is InChI=1S/C19H22ClN3O5/c1-12-15(7-8-17(25)21-16(11-24)19(26)28-3)18(20)23(22-12)10-13-5-4-6-14(9-13)27-2/h4-9,16,24H,10-11H2,1-3H3,(H,21,25)/b8-7+/t16-/m0/s1. The molecule has 0 bridgehead atoms. The number of amides is 1. The summed E-state index contributed by atoms with van der Waals surface area (Å²) in [6, 6.07) is 6.41. The summed E-state index contributed by atoms with van der Waals surface area (Å²) in [6.45, 7) is 1.65. The van der Waals surface area contributed by atoms with Gasteiger partial charge in [-0.2, -0.15) is 5.10 Å². The molecule has 0 saturated carbocycles. The molecule has 1 heterocycles. The number of hydrogen-bond donors (Lipinski definition) is 2. The van der Waals surface area contributed by atoms with Gasteiger partial charge in [0.25, 0.3) is 0 Å². The van der Waals surface area contributed by atoms with E-state index >= 15 is 0 Å². The first-order chi connectivity index (χ1) is 13.4. The number of aromatic nitrogens is 2. The molecule has 2 rings (SSSR count). The van der Waals surface area contributed by atoms with Gasteiger partial charge in [0.05, 0.1) is 33.1 Å². The minimum Gasteiger partial charge on any atom is -0.497 e. The van der Waals surface area contributed by atoms with E-state index in [2.05, 4.69) is 15.2 Å². The monoisotopic (exact) mass is 407 g/mol. The zero-order valence-corrected chi connectivity index (χ0v) is 16.6. The SMILES string of the molecule is COC(=O)[C@H](CO)NC(=O)/C=C/c1c(C)nn(Cc2cccc(OC)c2)c1Cl. The fourth-order valence-corrected chi connectivity index (χ4v) is 2.80. The summed E-state index contributed by atoms with van der Waals surface area (Å²) < 4.78 is 11.3. The zero-order chi connectivity index (χ0) is 20.7. The number of aliphatic hydroxyl groups excluding tert-OH is 1. The summed E-state index contributed by atoms with van der Waals surface area (Å²) in [7, 11) is 2.77. The van der Waals surface area contributed by atoms with Crippen molar-refractivity contribution in [3.8, 4) is 5.75 Å². The third-order valence-corrected chi connectivity index (χ3v) is 4.36. The van der Waals surface area contributed by atoms with Crippen LogP contribution in [-0.4, -0.2) is 53.6 Å². The number of nitrogens with zero attached hydrogens (tertiary/aromatic N) is 2. The van der Waals surface area contributed by atoms with Crippen LogP contribution in [0, 0.1) is 6.92 Å². The fourth-order valence-electron chi connectivity index (χ4n) is 2.51. The van der Waals surface area contributed by atoms with Crippen LogP contribution in [0.1, 0.15) is 16.8 Å². The molecule has 1 aromatic carbocycles. The molecule has 0 spiro atoms. The normalized spacial score (nSPS) is 12.0. The Balaban J connectivity index is 2.13. The number of hydrogen-bond acceptors (Lipinski definition) is 6. The highest BCUT2D eigenvalue weighted by Crippen LogP contribution is 2.23. The van der Waals surface area contributed by atoms with Crippen LogP contribution in [0.15, 0.2) is 30.3 Å². The number of esters is 1. The van der Waals surface area contributed by atoms with Crippen molar-refractivity contribution in [2.45, 2.75) is 19.5 Å². The Bertz CT molecular complexity index is 878. The molecule has 0 fully saturated rings. The maximum atomic E-state index is 12.0. The summed E-state index contributed by atoms with van der Waals surface area (Å²) in [5.74, 6) is -0.566. The number of aryl methyl sites for hydroxylation is 1. The number of aliphatic hydroxyl groups is 1. The third kappa shape index (κ3) is 5.34.